The zero-order valence-corrected chi connectivity index (χ0v) is 13.7. The molecule has 4 aromatic rings. The van der Waals surface area contributed by atoms with E-state index in [1.807, 2.05) is 0 Å². The van der Waals surface area contributed by atoms with E-state index in [-0.39, 0.29) is 11.5 Å². The zero-order valence-electron chi connectivity index (χ0n) is 13.7. The SMILES string of the molecule is CC(F)(F)c1nc2ncccn2c1-c1ccc(F)c(-c2ccncc2)c1. The van der Waals surface area contributed by atoms with E-state index >= 15 is 0 Å². The van der Waals surface area contributed by atoms with Gasteiger partial charge in [-0.25, -0.2) is 14.4 Å². The zero-order chi connectivity index (χ0) is 18.3. The Kier molecular flexibility index (Phi) is 3.72. The van der Waals surface area contributed by atoms with Crippen LogP contribution in [0.2, 0.25) is 0 Å². The van der Waals surface area contributed by atoms with E-state index in [1.54, 1.807) is 36.8 Å². The van der Waals surface area contributed by atoms with E-state index in [0.29, 0.717) is 16.7 Å². The predicted octanol–water partition coefficient (Wildman–Crippen LogP) is 4.71. The molecule has 3 heterocycles. The highest BCUT2D eigenvalue weighted by Gasteiger charge is 2.33. The van der Waals surface area contributed by atoms with Crippen molar-refractivity contribution in [2.45, 2.75) is 12.8 Å². The van der Waals surface area contributed by atoms with Crippen LogP contribution in [0.25, 0.3) is 28.2 Å². The molecule has 4 nitrogen and oxygen atoms in total. The van der Waals surface area contributed by atoms with Gasteiger partial charge in [0.15, 0.2) is 0 Å². The first-order valence-electron chi connectivity index (χ1n) is 7.87. The summed E-state index contributed by atoms with van der Waals surface area (Å²) in [5.74, 6) is -3.46. The molecule has 4 rings (SSSR count). The fourth-order valence-electron chi connectivity index (χ4n) is 2.89. The van der Waals surface area contributed by atoms with Gasteiger partial charge in [0, 0.05) is 42.8 Å². The van der Waals surface area contributed by atoms with Gasteiger partial charge in [-0.15, -0.1) is 0 Å². The second-order valence-corrected chi connectivity index (χ2v) is 5.92. The molecule has 0 amide bonds. The molecule has 0 N–H and O–H groups in total. The van der Waals surface area contributed by atoms with Crippen LogP contribution in [0.1, 0.15) is 12.6 Å². The van der Waals surface area contributed by atoms with E-state index in [4.69, 9.17) is 0 Å². The van der Waals surface area contributed by atoms with E-state index in [1.165, 1.54) is 28.8 Å². The fourth-order valence-corrected chi connectivity index (χ4v) is 2.89. The molecule has 0 atom stereocenters. The van der Waals surface area contributed by atoms with Crippen molar-refractivity contribution in [3.05, 3.63) is 72.7 Å². The van der Waals surface area contributed by atoms with Crippen molar-refractivity contribution in [3.8, 4) is 22.4 Å². The molecule has 0 saturated carbocycles. The molecule has 0 bridgehead atoms. The van der Waals surface area contributed by atoms with Crippen molar-refractivity contribution in [3.63, 3.8) is 0 Å². The third kappa shape index (κ3) is 2.71. The van der Waals surface area contributed by atoms with Crippen LogP contribution in [-0.4, -0.2) is 19.4 Å². The lowest BCUT2D eigenvalue weighted by molar-refractivity contribution is 0.0139. The Morgan fingerprint density at radius 2 is 1.77 bits per heavy atom. The maximum atomic E-state index is 14.3. The summed E-state index contributed by atoms with van der Waals surface area (Å²) in [6.07, 6.45) is 6.18. The summed E-state index contributed by atoms with van der Waals surface area (Å²) in [4.78, 5) is 11.9. The Bertz CT molecular complexity index is 1090. The third-order valence-corrected chi connectivity index (χ3v) is 4.05. The van der Waals surface area contributed by atoms with Crippen molar-refractivity contribution < 1.29 is 13.2 Å². The number of aromatic nitrogens is 4. The lowest BCUT2D eigenvalue weighted by Crippen LogP contribution is -2.09. The molecule has 26 heavy (non-hydrogen) atoms. The summed E-state index contributed by atoms with van der Waals surface area (Å²) in [6, 6.07) is 9.21. The Hall–Kier alpha value is -3.22. The number of hydrogen-bond acceptors (Lipinski definition) is 3. The number of halogens is 3. The summed E-state index contributed by atoms with van der Waals surface area (Å²) in [6.45, 7) is 0.783. The quantitative estimate of drug-likeness (QED) is 0.535. The minimum absolute atomic E-state index is 0.161. The lowest BCUT2D eigenvalue weighted by Gasteiger charge is -2.12. The molecule has 0 aliphatic carbocycles. The Labute approximate surface area is 147 Å². The summed E-state index contributed by atoms with van der Waals surface area (Å²) in [5.41, 5.74) is 1.12. The number of alkyl halides is 2. The van der Waals surface area contributed by atoms with Gasteiger partial charge < -0.3 is 0 Å². The average Bonchev–Trinajstić information content (AvgIpc) is 3.03. The lowest BCUT2D eigenvalue weighted by atomic mass is 10.00. The Morgan fingerprint density at radius 3 is 2.50 bits per heavy atom. The molecule has 3 aromatic heterocycles. The third-order valence-electron chi connectivity index (χ3n) is 4.05. The van der Waals surface area contributed by atoms with Gasteiger partial charge in [0.1, 0.15) is 11.5 Å². The van der Waals surface area contributed by atoms with Gasteiger partial charge in [0.2, 0.25) is 5.78 Å². The maximum absolute atomic E-state index is 14.3. The van der Waals surface area contributed by atoms with E-state index in [0.717, 1.165) is 6.92 Å². The number of fused-ring (bicyclic) bond motifs is 1. The molecular weight excluding hydrogens is 341 g/mol. The van der Waals surface area contributed by atoms with Crippen LogP contribution in [0.5, 0.6) is 0 Å². The largest absolute Gasteiger partial charge is 0.289 e. The van der Waals surface area contributed by atoms with Crippen molar-refractivity contribution in [1.82, 2.24) is 19.4 Å². The van der Waals surface area contributed by atoms with Crippen LogP contribution in [0.15, 0.2) is 61.2 Å². The summed E-state index contributed by atoms with van der Waals surface area (Å²) in [5, 5.41) is 0. The minimum atomic E-state index is -3.17. The van der Waals surface area contributed by atoms with Gasteiger partial charge >= 0.3 is 0 Å². The second-order valence-electron chi connectivity index (χ2n) is 5.92. The number of nitrogens with zero attached hydrogens (tertiary/aromatic N) is 4. The Balaban J connectivity index is 1.99. The molecular formula is C19H13F3N4. The highest BCUT2D eigenvalue weighted by Crippen LogP contribution is 2.37. The number of hydrogen-bond donors (Lipinski definition) is 0. The van der Waals surface area contributed by atoms with Crippen LogP contribution in [0.4, 0.5) is 13.2 Å². The first kappa shape index (κ1) is 16.3. The topological polar surface area (TPSA) is 43.1 Å². The van der Waals surface area contributed by atoms with Gasteiger partial charge in [0.25, 0.3) is 5.92 Å². The van der Waals surface area contributed by atoms with Gasteiger partial charge in [0.05, 0.1) is 5.69 Å². The van der Waals surface area contributed by atoms with Gasteiger partial charge in [-0.2, -0.15) is 8.78 Å². The van der Waals surface area contributed by atoms with E-state index in [2.05, 4.69) is 15.0 Å². The van der Waals surface area contributed by atoms with Gasteiger partial charge in [-0.3, -0.25) is 9.38 Å². The van der Waals surface area contributed by atoms with Crippen molar-refractivity contribution in [2.24, 2.45) is 0 Å². The molecule has 0 saturated heterocycles. The molecule has 0 aliphatic rings. The average molecular weight is 354 g/mol. The summed E-state index contributed by atoms with van der Waals surface area (Å²) >= 11 is 0. The predicted molar refractivity (Wildman–Crippen MR) is 91.2 cm³/mol. The second kappa shape index (κ2) is 5.94. The highest BCUT2D eigenvalue weighted by molar-refractivity contribution is 5.74. The van der Waals surface area contributed by atoms with Crippen molar-refractivity contribution in [2.75, 3.05) is 0 Å². The maximum Gasteiger partial charge on any atom is 0.289 e. The van der Waals surface area contributed by atoms with Crippen molar-refractivity contribution in [1.29, 1.82) is 0 Å². The smallest absolute Gasteiger partial charge is 0.283 e. The number of benzene rings is 1. The molecule has 130 valence electrons. The number of imidazole rings is 1. The highest BCUT2D eigenvalue weighted by atomic mass is 19.3. The molecule has 0 fully saturated rings. The minimum Gasteiger partial charge on any atom is -0.283 e. The van der Waals surface area contributed by atoms with Crippen LogP contribution >= 0.6 is 0 Å². The van der Waals surface area contributed by atoms with Crippen LogP contribution < -0.4 is 0 Å². The molecule has 0 aliphatic heterocycles. The summed E-state index contributed by atoms with van der Waals surface area (Å²) < 4.78 is 44.1. The first-order chi connectivity index (χ1) is 12.4. The fraction of sp³-hybridized carbons (Fsp3) is 0.105. The van der Waals surface area contributed by atoms with Gasteiger partial charge in [-0.1, -0.05) is 0 Å². The van der Waals surface area contributed by atoms with Crippen LogP contribution in [0.3, 0.4) is 0 Å². The summed E-state index contributed by atoms with van der Waals surface area (Å²) in [7, 11) is 0. The molecule has 0 spiro atoms. The van der Waals surface area contributed by atoms with E-state index in [9.17, 15) is 13.2 Å². The molecule has 7 heteroatoms. The van der Waals surface area contributed by atoms with Crippen LogP contribution in [-0.2, 0) is 5.92 Å². The van der Waals surface area contributed by atoms with Gasteiger partial charge in [-0.05, 0) is 42.0 Å². The van der Waals surface area contributed by atoms with Crippen molar-refractivity contribution >= 4 is 5.78 Å². The number of rotatable bonds is 3. The monoisotopic (exact) mass is 354 g/mol. The normalized spacial score (nSPS) is 11.8. The van der Waals surface area contributed by atoms with Crippen LogP contribution in [0, 0.1) is 5.82 Å². The standard InChI is InChI=1S/C19H13F3N4/c1-19(21,22)17-16(26-10-2-7-24-18(26)25-17)13-3-4-15(20)14(11-13)12-5-8-23-9-6-12/h2-11H,1H3. The Morgan fingerprint density at radius 1 is 1.00 bits per heavy atom. The molecule has 1 aromatic carbocycles. The number of pyridine rings is 1. The van der Waals surface area contributed by atoms with E-state index < -0.39 is 17.4 Å². The molecule has 0 unspecified atom stereocenters. The first-order valence-corrected chi connectivity index (χ1v) is 7.87. The molecule has 0 radical (unpaired) electrons.